The zero-order valence-corrected chi connectivity index (χ0v) is 23.3. The highest BCUT2D eigenvalue weighted by Gasteiger charge is 2.45. The molecule has 42 heavy (non-hydrogen) atoms. The van der Waals surface area contributed by atoms with E-state index in [1.54, 1.807) is 24.3 Å². The van der Waals surface area contributed by atoms with Crippen LogP contribution in [-0.2, 0) is 20.9 Å². The van der Waals surface area contributed by atoms with Crippen molar-refractivity contribution in [2.45, 2.75) is 57.9 Å². The molecule has 3 fully saturated rings. The standard InChI is InChI=1S/C28H34N2O5.C2HF3O2/c1-2-34-25-16-20(5-10-23(25)24-4-3-15-35-24)18-29-13-11-28(12-14-29)17-26(31)30(19-28)22-8-6-21(7-9-22)27(32)33;3-2(4,5)1(6)7/h5-10,16,24H,2-4,11-15,17-19H2,1H3,(H,32,33);(H,6,7)/p-1. The first-order valence-corrected chi connectivity index (χ1v) is 13.9. The summed E-state index contributed by atoms with van der Waals surface area (Å²) in [6, 6.07) is 13.2. The number of aliphatic carboxylic acids is 1. The Morgan fingerprint density at radius 2 is 1.81 bits per heavy atom. The summed E-state index contributed by atoms with van der Waals surface area (Å²) < 4.78 is 43.4. The van der Waals surface area contributed by atoms with Gasteiger partial charge in [-0.2, -0.15) is 13.2 Å². The van der Waals surface area contributed by atoms with Crippen LogP contribution in [0, 0.1) is 5.41 Å². The molecule has 1 N–H and O–H groups in total. The van der Waals surface area contributed by atoms with Crippen molar-refractivity contribution in [1.82, 2.24) is 4.90 Å². The van der Waals surface area contributed by atoms with E-state index >= 15 is 0 Å². The van der Waals surface area contributed by atoms with Crippen molar-refractivity contribution in [3.8, 4) is 5.75 Å². The number of carboxylic acid groups (broad SMARTS) is 2. The van der Waals surface area contributed by atoms with Gasteiger partial charge in [-0.3, -0.25) is 9.69 Å². The molecule has 1 spiro atoms. The van der Waals surface area contributed by atoms with Crippen LogP contribution in [0.4, 0.5) is 18.9 Å². The third kappa shape index (κ3) is 7.60. The van der Waals surface area contributed by atoms with Gasteiger partial charge in [-0.15, -0.1) is 0 Å². The highest BCUT2D eigenvalue weighted by molar-refractivity contribution is 5.97. The molecule has 2 aromatic carbocycles. The largest absolute Gasteiger partial charge is 0.542 e. The van der Waals surface area contributed by atoms with Gasteiger partial charge >= 0.3 is 12.1 Å². The Morgan fingerprint density at radius 3 is 2.36 bits per heavy atom. The number of nitrogens with zero attached hydrogens (tertiary/aromatic N) is 2. The molecule has 3 aliphatic rings. The van der Waals surface area contributed by atoms with E-state index < -0.39 is 18.1 Å². The number of aromatic carboxylic acids is 1. The molecule has 0 aromatic heterocycles. The summed E-state index contributed by atoms with van der Waals surface area (Å²) in [6.45, 7) is 6.96. The van der Waals surface area contributed by atoms with E-state index in [0.717, 1.165) is 68.9 Å². The van der Waals surface area contributed by atoms with Crippen LogP contribution in [0.1, 0.15) is 66.6 Å². The van der Waals surface area contributed by atoms with E-state index in [0.29, 0.717) is 19.6 Å². The maximum atomic E-state index is 12.9. The first-order valence-electron chi connectivity index (χ1n) is 13.9. The molecule has 0 radical (unpaired) electrons. The monoisotopic (exact) mass is 591 g/mol. The number of amides is 1. The Kier molecular flexibility index (Phi) is 9.78. The number of halogens is 3. The number of ether oxygens (including phenoxy) is 2. The van der Waals surface area contributed by atoms with Gasteiger partial charge in [0.1, 0.15) is 11.7 Å². The normalized spacial score (nSPS) is 20.3. The molecule has 9 nitrogen and oxygen atoms in total. The number of benzene rings is 2. The molecule has 1 amide bonds. The minimum absolute atomic E-state index is 0.000789. The quantitative estimate of drug-likeness (QED) is 0.514. The summed E-state index contributed by atoms with van der Waals surface area (Å²) in [7, 11) is 0. The van der Waals surface area contributed by atoms with Crippen LogP contribution in [0.3, 0.4) is 0 Å². The van der Waals surface area contributed by atoms with Gasteiger partial charge in [0.15, 0.2) is 0 Å². The van der Waals surface area contributed by atoms with Gasteiger partial charge in [0.2, 0.25) is 5.91 Å². The van der Waals surface area contributed by atoms with Gasteiger partial charge in [-0.05, 0) is 87.0 Å². The molecule has 12 heteroatoms. The average Bonchev–Trinajstić information content (AvgIpc) is 3.59. The fraction of sp³-hybridized carbons (Fsp3) is 0.500. The number of anilines is 1. The van der Waals surface area contributed by atoms with Crippen molar-refractivity contribution in [1.29, 1.82) is 0 Å². The van der Waals surface area contributed by atoms with Crippen molar-refractivity contribution in [2.75, 3.05) is 37.7 Å². The molecule has 1 atom stereocenters. The first kappa shape index (κ1) is 31.3. The minimum Gasteiger partial charge on any atom is -0.542 e. The smallest absolute Gasteiger partial charge is 0.430 e. The first-order chi connectivity index (χ1) is 19.9. The lowest BCUT2D eigenvalue weighted by Gasteiger charge is -2.39. The number of carbonyl (C=O) groups excluding carboxylic acids is 2. The molecule has 1 unspecified atom stereocenters. The van der Waals surface area contributed by atoms with Crippen molar-refractivity contribution < 1.29 is 47.2 Å². The fourth-order valence-corrected chi connectivity index (χ4v) is 5.74. The molecular formula is C30H34F3N2O7-. The van der Waals surface area contributed by atoms with Crippen molar-refractivity contribution >= 4 is 23.5 Å². The predicted molar refractivity (Wildman–Crippen MR) is 144 cm³/mol. The second-order valence-corrected chi connectivity index (χ2v) is 10.9. The number of hydrogen-bond acceptors (Lipinski definition) is 7. The number of alkyl halides is 3. The Hall–Kier alpha value is -3.64. The van der Waals surface area contributed by atoms with Crippen molar-refractivity contribution in [2.24, 2.45) is 5.41 Å². The van der Waals surface area contributed by atoms with Crippen LogP contribution >= 0.6 is 0 Å². The third-order valence-corrected chi connectivity index (χ3v) is 7.96. The lowest BCUT2D eigenvalue weighted by atomic mass is 9.77. The summed E-state index contributed by atoms with van der Waals surface area (Å²) in [5.41, 5.74) is 3.42. The molecule has 228 valence electrons. The predicted octanol–water partition coefficient (Wildman–Crippen LogP) is 3.95. The maximum Gasteiger partial charge on any atom is 0.430 e. The molecule has 3 heterocycles. The molecule has 3 saturated heterocycles. The number of carbonyl (C=O) groups is 3. The number of likely N-dealkylation sites (tertiary alicyclic amines) is 1. The summed E-state index contributed by atoms with van der Waals surface area (Å²) in [5, 5.41) is 17.9. The van der Waals surface area contributed by atoms with Crippen LogP contribution in [0.25, 0.3) is 0 Å². The second-order valence-electron chi connectivity index (χ2n) is 10.9. The van der Waals surface area contributed by atoms with E-state index in [1.165, 1.54) is 5.56 Å². The van der Waals surface area contributed by atoms with Crippen LogP contribution < -0.4 is 14.7 Å². The van der Waals surface area contributed by atoms with E-state index in [1.807, 2.05) is 11.8 Å². The van der Waals surface area contributed by atoms with Gasteiger partial charge in [0.25, 0.3) is 0 Å². The van der Waals surface area contributed by atoms with E-state index in [9.17, 15) is 22.8 Å². The second kappa shape index (κ2) is 13.1. The van der Waals surface area contributed by atoms with E-state index in [4.69, 9.17) is 24.5 Å². The molecule has 3 aliphatic heterocycles. The summed E-state index contributed by atoms with van der Waals surface area (Å²) >= 11 is 0. The molecule has 0 bridgehead atoms. The fourth-order valence-electron chi connectivity index (χ4n) is 5.74. The summed E-state index contributed by atoms with van der Waals surface area (Å²) in [4.78, 5) is 37.1. The number of piperidine rings is 1. The summed E-state index contributed by atoms with van der Waals surface area (Å²) in [6.07, 6.45) is -0.382. The molecule has 2 aromatic rings. The lowest BCUT2D eigenvalue weighted by molar-refractivity contribution is -0.344. The maximum absolute atomic E-state index is 12.9. The zero-order valence-electron chi connectivity index (χ0n) is 23.3. The topological polar surface area (TPSA) is 119 Å². The average molecular weight is 592 g/mol. The van der Waals surface area contributed by atoms with E-state index in [-0.39, 0.29) is 23.0 Å². The number of rotatable bonds is 7. The Labute approximate surface area is 241 Å². The zero-order chi connectivity index (χ0) is 30.5. The van der Waals surface area contributed by atoms with Crippen molar-refractivity contribution in [3.63, 3.8) is 0 Å². The number of hydrogen-bond donors (Lipinski definition) is 1. The van der Waals surface area contributed by atoms with Gasteiger partial charge in [0, 0.05) is 37.4 Å². The van der Waals surface area contributed by atoms with Crippen LogP contribution in [-0.4, -0.2) is 66.9 Å². The molecule has 0 aliphatic carbocycles. The highest BCUT2D eigenvalue weighted by atomic mass is 19.4. The van der Waals surface area contributed by atoms with Crippen LogP contribution in [0.2, 0.25) is 0 Å². The summed E-state index contributed by atoms with van der Waals surface area (Å²) in [5.74, 6) is -2.89. The van der Waals surface area contributed by atoms with E-state index in [2.05, 4.69) is 23.1 Å². The third-order valence-electron chi connectivity index (χ3n) is 7.96. The van der Waals surface area contributed by atoms with Crippen LogP contribution in [0.15, 0.2) is 42.5 Å². The number of carboxylic acids is 2. The SMILES string of the molecule is CCOc1cc(CN2CCC3(CC2)CC(=O)N(c2ccc(C(=O)O)cc2)C3)ccc1C1CCCO1.O=C([O-])C(F)(F)F. The Balaban J connectivity index is 0.000000517. The highest BCUT2D eigenvalue weighted by Crippen LogP contribution is 2.43. The van der Waals surface area contributed by atoms with Crippen molar-refractivity contribution in [3.05, 3.63) is 59.2 Å². The lowest BCUT2D eigenvalue weighted by Crippen LogP contribution is -2.41. The Bertz CT molecular complexity index is 1270. The molecule has 0 saturated carbocycles. The van der Waals surface area contributed by atoms with Crippen LogP contribution in [0.5, 0.6) is 5.75 Å². The molecule has 5 rings (SSSR count). The van der Waals surface area contributed by atoms with Gasteiger partial charge in [-0.25, -0.2) is 4.79 Å². The Morgan fingerprint density at radius 1 is 1.14 bits per heavy atom. The van der Waals surface area contributed by atoms with Gasteiger partial charge in [0.05, 0.1) is 18.3 Å². The van der Waals surface area contributed by atoms with Gasteiger partial charge < -0.3 is 29.4 Å². The minimum atomic E-state index is -5.19. The van der Waals surface area contributed by atoms with Gasteiger partial charge in [-0.1, -0.05) is 12.1 Å². The molecular weight excluding hydrogens is 557 g/mol.